The Hall–Kier alpha value is -2.58. The third-order valence-corrected chi connectivity index (χ3v) is 4.98. The Bertz CT molecular complexity index is 917. The van der Waals surface area contributed by atoms with Gasteiger partial charge in [0.05, 0.1) is 33.2 Å². The molecule has 8 heteroatoms. The molecule has 1 heterocycles. The molecule has 0 atom stereocenters. The number of hydrazone groups is 1. The maximum absolute atomic E-state index is 5.34. The van der Waals surface area contributed by atoms with Crippen LogP contribution in [0.15, 0.2) is 51.4 Å². The second-order valence-electron chi connectivity index (χ2n) is 5.37. The largest absolute Gasteiger partial charge is 0.493 e. The Morgan fingerprint density at radius 2 is 1.70 bits per heavy atom. The van der Waals surface area contributed by atoms with Crippen LogP contribution >= 0.6 is 27.3 Å². The average Bonchev–Trinajstić information content (AvgIpc) is 3.16. The van der Waals surface area contributed by atoms with Crippen molar-refractivity contribution in [2.75, 3.05) is 26.8 Å². The van der Waals surface area contributed by atoms with Crippen LogP contribution in [-0.4, -0.2) is 32.5 Å². The maximum atomic E-state index is 5.34. The lowest BCUT2D eigenvalue weighted by Crippen LogP contribution is -1.97. The fourth-order valence-corrected chi connectivity index (χ4v) is 3.35. The van der Waals surface area contributed by atoms with Crippen LogP contribution in [0.2, 0.25) is 0 Å². The quantitative estimate of drug-likeness (QED) is 0.405. The van der Waals surface area contributed by atoms with E-state index in [1.165, 1.54) is 11.3 Å². The van der Waals surface area contributed by atoms with E-state index in [2.05, 4.69) is 31.4 Å². The second-order valence-corrected chi connectivity index (χ2v) is 7.15. The molecular weight excluding hydrogens is 430 g/mol. The Balaban J connectivity index is 1.73. The van der Waals surface area contributed by atoms with E-state index in [1.807, 2.05) is 41.8 Å². The van der Waals surface area contributed by atoms with Gasteiger partial charge >= 0.3 is 0 Å². The molecule has 2 aromatic carbocycles. The van der Waals surface area contributed by atoms with Gasteiger partial charge in [-0.25, -0.2) is 4.98 Å². The Morgan fingerprint density at radius 1 is 1.04 bits per heavy atom. The van der Waals surface area contributed by atoms with Crippen LogP contribution in [0.5, 0.6) is 17.2 Å². The van der Waals surface area contributed by atoms with E-state index in [-0.39, 0.29) is 0 Å². The van der Waals surface area contributed by atoms with Crippen LogP contribution < -0.4 is 19.6 Å². The molecule has 0 saturated heterocycles. The van der Waals surface area contributed by atoms with Crippen molar-refractivity contribution in [2.45, 2.75) is 0 Å². The molecular formula is C19H18BrN3O3S. The predicted molar refractivity (Wildman–Crippen MR) is 113 cm³/mol. The van der Waals surface area contributed by atoms with E-state index in [0.29, 0.717) is 22.4 Å². The van der Waals surface area contributed by atoms with Crippen molar-refractivity contribution in [3.05, 3.63) is 51.8 Å². The highest BCUT2D eigenvalue weighted by atomic mass is 79.9. The predicted octanol–water partition coefficient (Wildman–Crippen LogP) is 5.04. The zero-order valence-corrected chi connectivity index (χ0v) is 17.4. The van der Waals surface area contributed by atoms with Gasteiger partial charge in [-0.15, -0.1) is 11.3 Å². The Labute approximate surface area is 169 Å². The first-order valence-corrected chi connectivity index (χ1v) is 9.62. The summed E-state index contributed by atoms with van der Waals surface area (Å²) in [6, 6.07) is 11.7. The smallest absolute Gasteiger partial charge is 0.203 e. The maximum Gasteiger partial charge on any atom is 0.203 e. The van der Waals surface area contributed by atoms with Crippen molar-refractivity contribution in [1.29, 1.82) is 0 Å². The van der Waals surface area contributed by atoms with Crippen molar-refractivity contribution in [2.24, 2.45) is 5.10 Å². The number of halogens is 1. The highest BCUT2D eigenvalue weighted by Gasteiger charge is 2.12. The highest BCUT2D eigenvalue weighted by Crippen LogP contribution is 2.37. The molecule has 0 fully saturated rings. The molecule has 6 nitrogen and oxygen atoms in total. The number of aromatic nitrogens is 1. The monoisotopic (exact) mass is 447 g/mol. The van der Waals surface area contributed by atoms with Gasteiger partial charge in [-0.05, 0) is 24.3 Å². The third kappa shape index (κ3) is 4.58. The van der Waals surface area contributed by atoms with Crippen LogP contribution in [0.1, 0.15) is 5.56 Å². The van der Waals surface area contributed by atoms with Crippen LogP contribution in [0, 0.1) is 0 Å². The first kappa shape index (κ1) is 19.2. The normalized spacial score (nSPS) is 10.8. The molecule has 27 heavy (non-hydrogen) atoms. The number of benzene rings is 2. The van der Waals surface area contributed by atoms with Crippen LogP contribution in [0.4, 0.5) is 5.13 Å². The number of anilines is 1. The van der Waals surface area contributed by atoms with Crippen LogP contribution in [0.3, 0.4) is 0 Å². The topological polar surface area (TPSA) is 65.0 Å². The number of hydrogen-bond acceptors (Lipinski definition) is 7. The van der Waals surface area contributed by atoms with Crippen molar-refractivity contribution in [3.8, 4) is 28.5 Å². The number of rotatable bonds is 7. The molecule has 3 rings (SSSR count). The summed E-state index contributed by atoms with van der Waals surface area (Å²) in [5.41, 5.74) is 5.71. The molecule has 1 aromatic heterocycles. The molecule has 0 aliphatic rings. The third-order valence-electron chi connectivity index (χ3n) is 3.71. The summed E-state index contributed by atoms with van der Waals surface area (Å²) in [6.07, 6.45) is 1.67. The van der Waals surface area contributed by atoms with Crippen LogP contribution in [-0.2, 0) is 0 Å². The second kappa shape index (κ2) is 8.88. The van der Waals surface area contributed by atoms with Gasteiger partial charge in [-0.1, -0.05) is 28.1 Å². The van der Waals surface area contributed by atoms with Crippen molar-refractivity contribution >= 4 is 38.6 Å². The average molecular weight is 448 g/mol. The van der Waals surface area contributed by atoms with Gasteiger partial charge in [0.15, 0.2) is 11.5 Å². The molecule has 0 bridgehead atoms. The molecule has 0 spiro atoms. The molecule has 0 aliphatic carbocycles. The lowest BCUT2D eigenvalue weighted by Gasteiger charge is -2.12. The minimum Gasteiger partial charge on any atom is -0.493 e. The van der Waals surface area contributed by atoms with E-state index in [9.17, 15) is 0 Å². The van der Waals surface area contributed by atoms with Gasteiger partial charge in [0.25, 0.3) is 0 Å². The number of hydrogen-bond donors (Lipinski definition) is 1. The Morgan fingerprint density at radius 3 is 2.30 bits per heavy atom. The zero-order chi connectivity index (χ0) is 19.2. The number of methoxy groups -OCH3 is 3. The van der Waals surface area contributed by atoms with Gasteiger partial charge in [0, 0.05) is 21.0 Å². The van der Waals surface area contributed by atoms with Gasteiger partial charge in [0.2, 0.25) is 10.9 Å². The fraction of sp³-hybridized carbons (Fsp3) is 0.158. The molecule has 0 saturated carbocycles. The van der Waals surface area contributed by atoms with Crippen molar-refractivity contribution in [3.63, 3.8) is 0 Å². The van der Waals surface area contributed by atoms with Crippen molar-refractivity contribution in [1.82, 2.24) is 4.98 Å². The number of ether oxygens (including phenoxy) is 3. The Kier molecular flexibility index (Phi) is 6.31. The first-order valence-electron chi connectivity index (χ1n) is 7.95. The fourth-order valence-electron chi connectivity index (χ4n) is 2.42. The van der Waals surface area contributed by atoms with Gasteiger partial charge in [0.1, 0.15) is 0 Å². The van der Waals surface area contributed by atoms with Gasteiger partial charge in [-0.3, -0.25) is 5.43 Å². The van der Waals surface area contributed by atoms with E-state index in [4.69, 9.17) is 14.2 Å². The standard InChI is InChI=1S/C19H18BrN3O3S/c1-24-16-8-12(9-17(25-2)18(16)26-3)10-21-23-19-22-15(11-27-19)13-4-6-14(20)7-5-13/h4-11H,1-3H3,(H,22,23). The summed E-state index contributed by atoms with van der Waals surface area (Å²) in [7, 11) is 4.73. The minimum atomic E-state index is 0.546. The SMILES string of the molecule is COc1cc(C=NNc2nc(-c3ccc(Br)cc3)cs2)cc(OC)c1OC. The van der Waals surface area contributed by atoms with E-state index < -0.39 is 0 Å². The number of thiazole rings is 1. The van der Waals surface area contributed by atoms with Crippen LogP contribution in [0.25, 0.3) is 11.3 Å². The molecule has 0 amide bonds. The number of nitrogens with one attached hydrogen (secondary N) is 1. The lowest BCUT2D eigenvalue weighted by atomic mass is 10.2. The molecule has 0 aliphatic heterocycles. The zero-order valence-electron chi connectivity index (χ0n) is 15.0. The van der Waals surface area contributed by atoms with E-state index in [1.54, 1.807) is 27.5 Å². The highest BCUT2D eigenvalue weighted by molar-refractivity contribution is 9.10. The van der Waals surface area contributed by atoms with Crippen molar-refractivity contribution < 1.29 is 14.2 Å². The van der Waals surface area contributed by atoms with E-state index in [0.717, 1.165) is 21.3 Å². The van der Waals surface area contributed by atoms with Gasteiger partial charge < -0.3 is 14.2 Å². The minimum absolute atomic E-state index is 0.546. The lowest BCUT2D eigenvalue weighted by molar-refractivity contribution is 0.324. The summed E-state index contributed by atoms with van der Waals surface area (Å²) in [4.78, 5) is 4.55. The van der Waals surface area contributed by atoms with Gasteiger partial charge in [-0.2, -0.15) is 5.10 Å². The van der Waals surface area contributed by atoms with E-state index >= 15 is 0 Å². The summed E-state index contributed by atoms with van der Waals surface area (Å²) in [5.74, 6) is 1.69. The molecule has 1 N–H and O–H groups in total. The summed E-state index contributed by atoms with van der Waals surface area (Å²) < 4.78 is 17.0. The summed E-state index contributed by atoms with van der Waals surface area (Å²) in [6.45, 7) is 0. The molecule has 0 unspecified atom stereocenters. The molecule has 3 aromatic rings. The molecule has 140 valence electrons. The number of nitrogens with zero attached hydrogens (tertiary/aromatic N) is 2. The molecule has 0 radical (unpaired) electrons. The summed E-state index contributed by atoms with van der Waals surface area (Å²) in [5, 5.41) is 6.94. The first-order chi connectivity index (χ1) is 13.1. The summed E-state index contributed by atoms with van der Waals surface area (Å²) >= 11 is 4.92.